The largest absolute Gasteiger partial charge is 0.427 e. The van der Waals surface area contributed by atoms with Crippen LogP contribution < -0.4 is 16.4 Å². The second-order valence-corrected chi connectivity index (χ2v) is 7.30. The van der Waals surface area contributed by atoms with Crippen LogP contribution in [0.15, 0.2) is 44.6 Å². The van der Waals surface area contributed by atoms with Crippen LogP contribution in [0.5, 0.6) is 0 Å². The summed E-state index contributed by atoms with van der Waals surface area (Å²) in [6, 6.07) is 8.73. The minimum atomic E-state index is -0.637. The molecule has 0 unspecified atom stereocenters. The molecule has 0 aliphatic carbocycles. The van der Waals surface area contributed by atoms with Crippen molar-refractivity contribution < 1.29 is 14.0 Å². The summed E-state index contributed by atoms with van der Waals surface area (Å²) in [4.78, 5) is 36.3. The molecule has 0 spiro atoms. The zero-order valence-corrected chi connectivity index (χ0v) is 16.2. The quantitative estimate of drug-likeness (QED) is 0.803. The standard InChI is InChI=1S/C21H23N3O4/c1-12(2)7-8-16-9-13(3)19(21(27)28-16)20(26)22-15-6-4-5-14(10-15)17-11-18(25)24-23-17/h4-6,9-10,12H,7-8,11H2,1-3H3,(H,22,26)(H,24,25). The van der Waals surface area contributed by atoms with E-state index in [0.717, 1.165) is 12.0 Å². The van der Waals surface area contributed by atoms with Crippen molar-refractivity contribution in [3.8, 4) is 0 Å². The molecule has 1 aliphatic rings. The molecule has 1 aliphatic heterocycles. The first kappa shape index (κ1) is 19.5. The normalized spacial score (nSPS) is 13.4. The number of aryl methyl sites for hydroxylation is 2. The molecule has 0 saturated heterocycles. The van der Waals surface area contributed by atoms with Gasteiger partial charge in [0.25, 0.3) is 5.91 Å². The topological polar surface area (TPSA) is 101 Å². The van der Waals surface area contributed by atoms with Gasteiger partial charge in [-0.05, 0) is 43.0 Å². The fraction of sp³-hybridized carbons (Fsp3) is 0.333. The highest BCUT2D eigenvalue weighted by Gasteiger charge is 2.19. The smallest absolute Gasteiger partial charge is 0.349 e. The van der Waals surface area contributed by atoms with Gasteiger partial charge in [0, 0.05) is 17.7 Å². The lowest BCUT2D eigenvalue weighted by molar-refractivity contribution is -0.119. The molecule has 0 radical (unpaired) electrons. The van der Waals surface area contributed by atoms with Crippen LogP contribution in [-0.2, 0) is 11.2 Å². The van der Waals surface area contributed by atoms with Crippen LogP contribution in [0.25, 0.3) is 0 Å². The maximum absolute atomic E-state index is 12.6. The lowest BCUT2D eigenvalue weighted by Crippen LogP contribution is -2.23. The number of rotatable bonds is 6. The van der Waals surface area contributed by atoms with Crippen LogP contribution in [-0.4, -0.2) is 17.5 Å². The number of nitrogens with zero attached hydrogens (tertiary/aromatic N) is 1. The minimum absolute atomic E-state index is 0.00579. The summed E-state index contributed by atoms with van der Waals surface area (Å²) in [6.45, 7) is 5.93. The van der Waals surface area contributed by atoms with Gasteiger partial charge in [0.15, 0.2) is 0 Å². The summed E-state index contributed by atoms with van der Waals surface area (Å²) < 4.78 is 5.33. The van der Waals surface area contributed by atoms with Crippen LogP contribution in [0.2, 0.25) is 0 Å². The third-order valence-electron chi connectivity index (χ3n) is 4.49. The van der Waals surface area contributed by atoms with Crippen molar-refractivity contribution in [2.24, 2.45) is 11.0 Å². The van der Waals surface area contributed by atoms with E-state index in [2.05, 4.69) is 29.7 Å². The average Bonchev–Trinajstić information content (AvgIpc) is 3.06. The average molecular weight is 381 g/mol. The van der Waals surface area contributed by atoms with Gasteiger partial charge in [0.1, 0.15) is 11.3 Å². The van der Waals surface area contributed by atoms with Gasteiger partial charge in [-0.2, -0.15) is 5.10 Å². The molecule has 7 heteroatoms. The summed E-state index contributed by atoms with van der Waals surface area (Å²) >= 11 is 0. The fourth-order valence-electron chi connectivity index (χ4n) is 3.00. The van der Waals surface area contributed by atoms with Gasteiger partial charge in [-0.1, -0.05) is 26.0 Å². The Morgan fingerprint density at radius 3 is 2.71 bits per heavy atom. The predicted octanol–water partition coefficient (Wildman–Crippen LogP) is 3.01. The van der Waals surface area contributed by atoms with Gasteiger partial charge >= 0.3 is 5.63 Å². The van der Waals surface area contributed by atoms with Crippen LogP contribution >= 0.6 is 0 Å². The number of hydrogen-bond acceptors (Lipinski definition) is 5. The van der Waals surface area contributed by atoms with E-state index >= 15 is 0 Å². The first-order chi connectivity index (χ1) is 13.3. The van der Waals surface area contributed by atoms with E-state index in [4.69, 9.17) is 4.42 Å². The number of amides is 2. The summed E-state index contributed by atoms with van der Waals surface area (Å²) in [5.74, 6) is 0.388. The SMILES string of the molecule is Cc1cc(CCC(C)C)oc(=O)c1C(=O)Nc1cccc(C2=NNC(=O)C2)c1. The minimum Gasteiger partial charge on any atom is -0.427 e. The molecule has 1 aromatic carbocycles. The molecule has 0 bridgehead atoms. The highest BCUT2D eigenvalue weighted by molar-refractivity contribution is 6.14. The number of nitrogens with one attached hydrogen (secondary N) is 2. The van der Waals surface area contributed by atoms with Crippen molar-refractivity contribution in [3.05, 3.63) is 63.2 Å². The number of benzene rings is 1. The Hall–Kier alpha value is -3.22. The third kappa shape index (κ3) is 4.54. The molecule has 2 N–H and O–H groups in total. The first-order valence-corrected chi connectivity index (χ1v) is 9.24. The van der Waals surface area contributed by atoms with Gasteiger partial charge in [-0.15, -0.1) is 0 Å². The van der Waals surface area contributed by atoms with Crippen molar-refractivity contribution in [1.29, 1.82) is 0 Å². The van der Waals surface area contributed by atoms with Crippen molar-refractivity contribution >= 4 is 23.2 Å². The lowest BCUT2D eigenvalue weighted by Gasteiger charge is -2.10. The number of hydrogen-bond donors (Lipinski definition) is 2. The summed E-state index contributed by atoms with van der Waals surface area (Å²) in [5, 5.41) is 6.70. The Bertz CT molecular complexity index is 1000. The zero-order valence-electron chi connectivity index (χ0n) is 16.2. The van der Waals surface area contributed by atoms with Crippen molar-refractivity contribution in [1.82, 2.24) is 5.43 Å². The van der Waals surface area contributed by atoms with Crippen molar-refractivity contribution in [2.75, 3.05) is 5.32 Å². The summed E-state index contributed by atoms with van der Waals surface area (Å²) in [5.41, 5.74) is 4.17. The Labute approximate surface area is 162 Å². The van der Waals surface area contributed by atoms with E-state index in [1.807, 2.05) is 0 Å². The lowest BCUT2D eigenvalue weighted by atomic mass is 10.0. The molecular weight excluding hydrogens is 358 g/mol. The molecule has 3 rings (SSSR count). The molecule has 2 amide bonds. The Kier molecular flexibility index (Phi) is 5.73. The number of anilines is 1. The second-order valence-electron chi connectivity index (χ2n) is 7.30. The van der Waals surface area contributed by atoms with E-state index < -0.39 is 11.5 Å². The molecule has 2 aromatic rings. The van der Waals surface area contributed by atoms with Gasteiger partial charge in [-0.3, -0.25) is 9.59 Å². The van der Waals surface area contributed by atoms with Gasteiger partial charge in [0.05, 0.1) is 12.1 Å². The Morgan fingerprint density at radius 2 is 2.07 bits per heavy atom. The zero-order chi connectivity index (χ0) is 20.3. The molecule has 2 heterocycles. The number of hydrazone groups is 1. The fourth-order valence-corrected chi connectivity index (χ4v) is 3.00. The van der Waals surface area contributed by atoms with Crippen molar-refractivity contribution in [2.45, 2.75) is 40.0 Å². The Morgan fingerprint density at radius 1 is 1.29 bits per heavy atom. The van der Waals surface area contributed by atoms with Crippen LogP contribution in [0.1, 0.15) is 53.9 Å². The molecule has 28 heavy (non-hydrogen) atoms. The second kappa shape index (κ2) is 8.21. The van der Waals surface area contributed by atoms with Gasteiger partial charge < -0.3 is 9.73 Å². The van der Waals surface area contributed by atoms with E-state index in [1.54, 1.807) is 37.3 Å². The molecule has 7 nitrogen and oxygen atoms in total. The molecule has 146 valence electrons. The predicted molar refractivity (Wildman–Crippen MR) is 107 cm³/mol. The maximum atomic E-state index is 12.6. The summed E-state index contributed by atoms with van der Waals surface area (Å²) in [7, 11) is 0. The van der Waals surface area contributed by atoms with Gasteiger partial charge in [-0.25, -0.2) is 10.2 Å². The first-order valence-electron chi connectivity index (χ1n) is 9.24. The maximum Gasteiger partial charge on any atom is 0.349 e. The van der Waals surface area contributed by atoms with Crippen LogP contribution in [0.4, 0.5) is 5.69 Å². The number of carbonyl (C=O) groups excluding carboxylic acids is 2. The molecule has 1 aromatic heterocycles. The van der Waals surface area contributed by atoms with E-state index in [0.29, 0.717) is 35.1 Å². The third-order valence-corrected chi connectivity index (χ3v) is 4.49. The highest BCUT2D eigenvalue weighted by Crippen LogP contribution is 2.17. The molecule has 0 fully saturated rings. The van der Waals surface area contributed by atoms with Crippen molar-refractivity contribution in [3.63, 3.8) is 0 Å². The van der Waals surface area contributed by atoms with E-state index in [1.165, 1.54) is 0 Å². The van der Waals surface area contributed by atoms with Crippen LogP contribution in [0, 0.1) is 12.8 Å². The van der Waals surface area contributed by atoms with E-state index in [9.17, 15) is 14.4 Å². The Balaban J connectivity index is 1.78. The van der Waals surface area contributed by atoms with E-state index in [-0.39, 0.29) is 17.9 Å². The molecule has 0 atom stereocenters. The van der Waals surface area contributed by atoms with Gasteiger partial charge in [0.2, 0.25) is 5.91 Å². The monoisotopic (exact) mass is 381 g/mol. The number of carbonyl (C=O) groups is 2. The van der Waals surface area contributed by atoms with Crippen LogP contribution in [0.3, 0.4) is 0 Å². The highest BCUT2D eigenvalue weighted by atomic mass is 16.4. The summed E-state index contributed by atoms with van der Waals surface area (Å²) in [6.07, 6.45) is 1.76. The molecular formula is C21H23N3O4. The molecule has 0 saturated carbocycles.